The van der Waals surface area contributed by atoms with E-state index in [9.17, 15) is 9.59 Å². The Labute approximate surface area is 125 Å². The number of hydrogen-bond donors (Lipinski definition) is 3. The number of amides is 1. The summed E-state index contributed by atoms with van der Waals surface area (Å²) in [5, 5.41) is 16.7. The van der Waals surface area contributed by atoms with Gasteiger partial charge in [-0.3, -0.25) is 4.79 Å². The Kier molecular flexibility index (Phi) is 3.62. The molecule has 3 N–H and O–H groups in total. The molecule has 1 aliphatic rings. The lowest BCUT2D eigenvalue weighted by Crippen LogP contribution is -2.18. The summed E-state index contributed by atoms with van der Waals surface area (Å²) in [7, 11) is 0. The zero-order valence-electron chi connectivity index (χ0n) is 11.2. The van der Waals surface area contributed by atoms with Gasteiger partial charge in [0.25, 0.3) is 0 Å². The Morgan fingerprint density at radius 1 is 1.33 bits per heavy atom. The van der Waals surface area contributed by atoms with Crippen LogP contribution < -0.4 is 10.6 Å². The number of benzene rings is 1. The highest BCUT2D eigenvalue weighted by Crippen LogP contribution is 2.26. The highest BCUT2D eigenvalue weighted by molar-refractivity contribution is 7.10. The molecular weight excluding hydrogens is 288 g/mol. The van der Waals surface area contributed by atoms with Crippen LogP contribution in [0.5, 0.6) is 0 Å². The van der Waals surface area contributed by atoms with E-state index in [4.69, 9.17) is 5.11 Å². The van der Waals surface area contributed by atoms with Crippen molar-refractivity contribution in [3.05, 3.63) is 45.6 Å². The fourth-order valence-corrected chi connectivity index (χ4v) is 3.07. The minimum Gasteiger partial charge on any atom is -0.478 e. The van der Waals surface area contributed by atoms with Gasteiger partial charge in [-0.1, -0.05) is 0 Å². The second-order valence-corrected chi connectivity index (χ2v) is 5.88. The number of thiophene rings is 1. The largest absolute Gasteiger partial charge is 0.478 e. The topological polar surface area (TPSA) is 78.4 Å². The van der Waals surface area contributed by atoms with E-state index < -0.39 is 5.97 Å². The van der Waals surface area contributed by atoms with Crippen molar-refractivity contribution < 1.29 is 14.7 Å². The Bertz CT molecular complexity index is 709. The van der Waals surface area contributed by atoms with Crippen LogP contribution in [-0.4, -0.2) is 17.0 Å². The van der Waals surface area contributed by atoms with E-state index in [1.165, 1.54) is 11.3 Å². The van der Waals surface area contributed by atoms with Crippen LogP contribution in [0.4, 0.5) is 11.4 Å². The van der Waals surface area contributed by atoms with Gasteiger partial charge in [-0.15, -0.1) is 11.3 Å². The van der Waals surface area contributed by atoms with Crippen molar-refractivity contribution in [3.8, 4) is 0 Å². The van der Waals surface area contributed by atoms with Crippen molar-refractivity contribution in [2.75, 3.05) is 10.6 Å². The lowest BCUT2D eigenvalue weighted by Gasteiger charge is -2.17. The average molecular weight is 302 g/mol. The molecule has 21 heavy (non-hydrogen) atoms. The lowest BCUT2D eigenvalue weighted by molar-refractivity contribution is -0.116. The van der Waals surface area contributed by atoms with Gasteiger partial charge in [0.05, 0.1) is 5.56 Å². The third kappa shape index (κ3) is 3.05. The van der Waals surface area contributed by atoms with Crippen molar-refractivity contribution in [2.24, 2.45) is 0 Å². The lowest BCUT2D eigenvalue weighted by atomic mass is 10.0. The van der Waals surface area contributed by atoms with Crippen molar-refractivity contribution >= 4 is 34.6 Å². The summed E-state index contributed by atoms with van der Waals surface area (Å²) < 4.78 is 0. The van der Waals surface area contributed by atoms with Crippen molar-refractivity contribution in [3.63, 3.8) is 0 Å². The van der Waals surface area contributed by atoms with Gasteiger partial charge in [0.15, 0.2) is 0 Å². The van der Waals surface area contributed by atoms with E-state index in [-0.39, 0.29) is 5.91 Å². The highest BCUT2D eigenvalue weighted by Gasteiger charge is 2.14. The number of fused-ring (bicyclic) bond motifs is 1. The first-order valence-corrected chi connectivity index (χ1v) is 7.47. The molecule has 0 radical (unpaired) electrons. The summed E-state index contributed by atoms with van der Waals surface area (Å²) in [6, 6.07) is 7.51. The van der Waals surface area contributed by atoms with Crippen LogP contribution in [0.25, 0.3) is 0 Å². The summed E-state index contributed by atoms with van der Waals surface area (Å²) >= 11 is 1.43. The van der Waals surface area contributed by atoms with E-state index in [0.717, 1.165) is 28.2 Å². The normalized spacial score (nSPS) is 13.4. The van der Waals surface area contributed by atoms with Gasteiger partial charge in [-0.25, -0.2) is 4.79 Å². The fourth-order valence-electron chi connectivity index (χ4n) is 2.27. The summed E-state index contributed by atoms with van der Waals surface area (Å²) in [5.41, 5.74) is 3.29. The average Bonchev–Trinajstić information content (AvgIpc) is 2.94. The third-order valence-electron chi connectivity index (χ3n) is 3.37. The molecule has 1 aromatic heterocycles. The second kappa shape index (κ2) is 5.57. The van der Waals surface area contributed by atoms with Gasteiger partial charge >= 0.3 is 5.97 Å². The number of aromatic carboxylic acids is 1. The molecule has 2 heterocycles. The SMILES string of the molecule is O=C1CCc2cc(NCc3cc(C(=O)O)cs3)ccc2N1. The van der Waals surface area contributed by atoms with E-state index in [0.29, 0.717) is 18.5 Å². The van der Waals surface area contributed by atoms with Crippen molar-refractivity contribution in [2.45, 2.75) is 19.4 Å². The number of carbonyl (C=O) groups excluding carboxylic acids is 1. The number of carboxylic acid groups (broad SMARTS) is 1. The molecule has 2 aromatic rings. The Morgan fingerprint density at radius 3 is 2.95 bits per heavy atom. The van der Waals surface area contributed by atoms with Crippen LogP contribution in [0.15, 0.2) is 29.6 Å². The number of anilines is 2. The first-order valence-electron chi connectivity index (χ1n) is 6.59. The monoisotopic (exact) mass is 302 g/mol. The van der Waals surface area contributed by atoms with Gasteiger partial charge in [0.1, 0.15) is 0 Å². The Morgan fingerprint density at radius 2 is 2.19 bits per heavy atom. The standard InChI is InChI=1S/C15H14N2O3S/c18-14-4-1-9-5-11(2-3-13(9)17-14)16-7-12-6-10(8-21-12)15(19)20/h2-3,5-6,8,16H,1,4,7H2,(H,17,18)(H,19,20). The smallest absolute Gasteiger partial charge is 0.336 e. The first kappa shape index (κ1) is 13.6. The molecule has 0 saturated carbocycles. The Hall–Kier alpha value is -2.34. The molecule has 1 aromatic carbocycles. The maximum atomic E-state index is 11.3. The molecule has 108 valence electrons. The molecule has 3 rings (SSSR count). The zero-order chi connectivity index (χ0) is 14.8. The number of hydrogen-bond acceptors (Lipinski definition) is 4. The molecule has 0 spiro atoms. The van der Waals surface area contributed by atoms with Gasteiger partial charge < -0.3 is 15.7 Å². The molecule has 0 fully saturated rings. The summed E-state index contributed by atoms with van der Waals surface area (Å²) in [6.07, 6.45) is 1.27. The second-order valence-electron chi connectivity index (χ2n) is 4.88. The molecule has 0 atom stereocenters. The molecule has 6 heteroatoms. The highest BCUT2D eigenvalue weighted by atomic mass is 32.1. The maximum Gasteiger partial charge on any atom is 0.336 e. The zero-order valence-corrected chi connectivity index (χ0v) is 12.0. The van der Waals surface area contributed by atoms with Gasteiger partial charge in [0, 0.05) is 34.6 Å². The molecular formula is C15H14N2O3S. The maximum absolute atomic E-state index is 11.3. The van der Waals surface area contributed by atoms with Crippen LogP contribution in [-0.2, 0) is 17.8 Å². The third-order valence-corrected chi connectivity index (χ3v) is 4.30. The Balaban J connectivity index is 1.68. The number of nitrogens with one attached hydrogen (secondary N) is 2. The molecule has 5 nitrogen and oxygen atoms in total. The van der Waals surface area contributed by atoms with E-state index in [1.54, 1.807) is 11.4 Å². The predicted octanol–water partition coefficient (Wildman–Crippen LogP) is 2.94. The van der Waals surface area contributed by atoms with E-state index in [2.05, 4.69) is 10.6 Å². The molecule has 1 aliphatic heterocycles. The molecule has 0 unspecified atom stereocenters. The molecule has 0 saturated heterocycles. The number of carboxylic acids is 1. The van der Waals surface area contributed by atoms with Gasteiger partial charge in [0.2, 0.25) is 5.91 Å². The number of carbonyl (C=O) groups is 2. The molecule has 0 bridgehead atoms. The summed E-state index contributed by atoms with van der Waals surface area (Å²) in [5.74, 6) is -0.843. The predicted molar refractivity (Wildman–Crippen MR) is 82.0 cm³/mol. The minimum absolute atomic E-state index is 0.0583. The fraction of sp³-hybridized carbons (Fsp3) is 0.200. The van der Waals surface area contributed by atoms with Crippen LogP contribution in [0, 0.1) is 0 Å². The van der Waals surface area contributed by atoms with Gasteiger partial charge in [-0.2, -0.15) is 0 Å². The first-order chi connectivity index (χ1) is 10.1. The quantitative estimate of drug-likeness (QED) is 0.811. The van der Waals surface area contributed by atoms with Crippen molar-refractivity contribution in [1.29, 1.82) is 0 Å². The van der Waals surface area contributed by atoms with Gasteiger partial charge in [-0.05, 0) is 36.2 Å². The number of rotatable bonds is 4. The minimum atomic E-state index is -0.901. The van der Waals surface area contributed by atoms with Crippen LogP contribution >= 0.6 is 11.3 Å². The van der Waals surface area contributed by atoms with E-state index >= 15 is 0 Å². The van der Waals surface area contributed by atoms with Crippen LogP contribution in [0.2, 0.25) is 0 Å². The molecule has 1 amide bonds. The summed E-state index contributed by atoms with van der Waals surface area (Å²) in [6.45, 7) is 0.586. The van der Waals surface area contributed by atoms with Crippen LogP contribution in [0.1, 0.15) is 27.2 Å². The number of aryl methyl sites for hydroxylation is 1. The van der Waals surface area contributed by atoms with E-state index in [1.807, 2.05) is 18.2 Å². The van der Waals surface area contributed by atoms with Crippen LogP contribution in [0.3, 0.4) is 0 Å². The summed E-state index contributed by atoms with van der Waals surface area (Å²) in [4.78, 5) is 23.1. The van der Waals surface area contributed by atoms with Crippen molar-refractivity contribution in [1.82, 2.24) is 0 Å². The molecule has 0 aliphatic carbocycles.